The van der Waals surface area contributed by atoms with Crippen LogP contribution in [0.5, 0.6) is 17.2 Å². The number of ether oxygens (including phenoxy) is 4. The van der Waals surface area contributed by atoms with Crippen LogP contribution in [-0.2, 0) is 89.9 Å². The number of aliphatic hydroxyl groups excluding tert-OH is 1. The lowest BCUT2D eigenvalue weighted by Crippen LogP contribution is -2.44. The van der Waals surface area contributed by atoms with Crippen molar-refractivity contribution in [1.29, 1.82) is 0 Å². The maximum Gasteiger partial charge on any atom is 0.306 e. The van der Waals surface area contributed by atoms with E-state index >= 15 is 0 Å². The molecule has 0 aliphatic heterocycles. The van der Waals surface area contributed by atoms with Gasteiger partial charge in [-0.25, -0.2) is 0 Å². The molecule has 0 radical (unpaired) electrons. The van der Waals surface area contributed by atoms with Crippen LogP contribution in [-0.4, -0.2) is 70.7 Å². The second-order valence-corrected chi connectivity index (χ2v) is 32.7. The van der Waals surface area contributed by atoms with Crippen molar-refractivity contribution in [3.05, 3.63) is 109 Å². The third-order valence-electron chi connectivity index (χ3n) is 16.3. The topological polar surface area (TPSA) is 186 Å². The van der Waals surface area contributed by atoms with Crippen molar-refractivity contribution < 1.29 is 58.6 Å². The number of carbonyl (C=O) groups is 4. The lowest BCUT2D eigenvalue weighted by atomic mass is 9.68. The Balaban J connectivity index is 1.75. The van der Waals surface area contributed by atoms with Gasteiger partial charge in [-0.3, -0.25) is 19.2 Å². The molecule has 1 atom stereocenters. The molecule has 1 unspecified atom stereocenters. The lowest BCUT2D eigenvalue weighted by molar-refractivity contribution is -0.170. The van der Waals surface area contributed by atoms with Gasteiger partial charge in [0.05, 0.1) is 5.76 Å². The number of phenols is 3. The predicted molar refractivity (Wildman–Crippen MR) is 342 cm³/mol. The van der Waals surface area contributed by atoms with Gasteiger partial charge in [0.25, 0.3) is 0 Å². The van der Waals surface area contributed by atoms with Crippen molar-refractivity contribution in [1.82, 2.24) is 0 Å². The molecule has 0 heterocycles. The zero-order valence-corrected chi connectivity index (χ0v) is 56.9. The first-order valence-corrected chi connectivity index (χ1v) is 30.8. The summed E-state index contributed by atoms with van der Waals surface area (Å²) in [6.07, 6.45) is 3.56. The van der Waals surface area contributed by atoms with Gasteiger partial charge in [-0.05, 0) is 131 Å². The van der Waals surface area contributed by atoms with Crippen LogP contribution in [0.3, 0.4) is 0 Å². The first kappa shape index (κ1) is 71.7. The van der Waals surface area contributed by atoms with Crippen LogP contribution in [0.25, 0.3) is 0 Å². The van der Waals surface area contributed by atoms with Crippen molar-refractivity contribution in [2.75, 3.05) is 26.4 Å². The molecule has 3 aromatic carbocycles. The fraction of sp³-hybridized carbons (Fsp3) is 0.644. The van der Waals surface area contributed by atoms with E-state index in [1.165, 1.54) is 0 Å². The third-order valence-corrected chi connectivity index (χ3v) is 16.3. The average molecular weight is 1180 g/mol. The molecule has 12 nitrogen and oxygen atoms in total. The molecule has 0 spiro atoms. The van der Waals surface area contributed by atoms with Crippen molar-refractivity contribution in [2.45, 2.75) is 256 Å². The smallest absolute Gasteiger partial charge is 0.306 e. The number of rotatable bonds is 20. The van der Waals surface area contributed by atoms with Crippen LogP contribution in [0.4, 0.5) is 0 Å². The van der Waals surface area contributed by atoms with Crippen molar-refractivity contribution in [3.8, 4) is 17.2 Å². The highest BCUT2D eigenvalue weighted by Gasteiger charge is 2.40. The normalized spacial score (nSPS) is 15.2. The molecule has 0 fully saturated rings. The van der Waals surface area contributed by atoms with Gasteiger partial charge in [0.2, 0.25) is 0 Å². The Bertz CT molecular complexity index is 2600. The van der Waals surface area contributed by atoms with E-state index in [0.29, 0.717) is 18.6 Å². The monoisotopic (exact) mass is 1180 g/mol. The van der Waals surface area contributed by atoms with E-state index in [9.17, 15) is 39.6 Å². The Morgan fingerprint density at radius 1 is 0.376 bits per heavy atom. The molecule has 85 heavy (non-hydrogen) atoms. The zero-order valence-electron chi connectivity index (χ0n) is 56.9. The van der Waals surface area contributed by atoms with Crippen molar-refractivity contribution in [2.24, 2.45) is 22.2 Å². The second-order valence-electron chi connectivity index (χ2n) is 32.7. The molecule has 0 aromatic heterocycles. The summed E-state index contributed by atoms with van der Waals surface area (Å²) in [4.78, 5) is 56.4. The molecule has 0 saturated heterocycles. The van der Waals surface area contributed by atoms with Crippen LogP contribution in [0, 0.1) is 22.2 Å². The minimum Gasteiger partial charge on any atom is -0.512 e. The van der Waals surface area contributed by atoms with Crippen molar-refractivity contribution in [3.63, 3.8) is 0 Å². The molecule has 0 bridgehead atoms. The van der Waals surface area contributed by atoms with Gasteiger partial charge < -0.3 is 39.4 Å². The van der Waals surface area contributed by atoms with Crippen LogP contribution < -0.4 is 0 Å². The number of hydrogen-bond acceptors (Lipinski definition) is 12. The highest BCUT2D eigenvalue weighted by Crippen LogP contribution is 2.47. The summed E-state index contributed by atoms with van der Waals surface area (Å²) >= 11 is 0. The summed E-state index contributed by atoms with van der Waals surface area (Å²) in [5, 5.41) is 45.8. The van der Waals surface area contributed by atoms with E-state index in [4.69, 9.17) is 18.9 Å². The standard InChI is InChI=1S/C73H110O12/c1-65(2,3)49-33-45(34-50(61(49)78)66(4,5)6)25-29-57(74)82-41-73(42-83-58(75)30-26-46-35-51(67(7,8)9)62(79)52(36-46)68(10,11)12,43-84-59(76)31-27-47-37-53(69(13,14)15)63(80)54(38-47)70(16,17)18)44-85-60(77)32-28-48-39-55(71(19,20)21)64(81)56(40-48)72(22,23)24/h33-39,56,78-81H,25-32,40-44H2,1-24H3. The fourth-order valence-electron chi connectivity index (χ4n) is 10.8. The third kappa shape index (κ3) is 20.1. The van der Waals surface area contributed by atoms with E-state index in [0.717, 1.165) is 61.2 Å². The van der Waals surface area contributed by atoms with E-state index < -0.39 is 88.2 Å². The lowest BCUT2D eigenvalue weighted by Gasteiger charge is -2.37. The molecule has 12 heteroatoms. The molecule has 474 valence electrons. The first-order chi connectivity index (χ1) is 38.4. The van der Waals surface area contributed by atoms with Gasteiger partial charge in [-0.2, -0.15) is 0 Å². The molecule has 0 saturated carbocycles. The molecule has 4 rings (SSSR count). The largest absolute Gasteiger partial charge is 0.512 e. The van der Waals surface area contributed by atoms with Crippen LogP contribution in [0.2, 0.25) is 0 Å². The number of aryl methyl sites for hydroxylation is 3. The van der Waals surface area contributed by atoms with Crippen LogP contribution in [0.15, 0.2) is 59.4 Å². The highest BCUT2D eigenvalue weighted by molar-refractivity contribution is 5.72. The van der Waals surface area contributed by atoms with E-state index in [2.05, 4.69) is 41.5 Å². The summed E-state index contributed by atoms with van der Waals surface area (Å²) in [7, 11) is 0. The van der Waals surface area contributed by atoms with Crippen molar-refractivity contribution >= 4 is 23.9 Å². The average Bonchev–Trinajstić information content (AvgIpc) is 1.95. The molecule has 0 amide bonds. The number of carbonyl (C=O) groups excluding carboxylic acids is 4. The van der Waals surface area contributed by atoms with E-state index in [1.54, 1.807) is 0 Å². The number of esters is 4. The molecule has 1 aliphatic rings. The first-order valence-electron chi connectivity index (χ1n) is 30.8. The van der Waals surface area contributed by atoms with Gasteiger partial charge in [0.1, 0.15) is 49.1 Å². The number of benzene rings is 3. The molecular formula is C73H110O12. The Morgan fingerprint density at radius 2 is 0.612 bits per heavy atom. The molecular weight excluding hydrogens is 1070 g/mol. The Kier molecular flexibility index (Phi) is 22.5. The highest BCUT2D eigenvalue weighted by atomic mass is 16.6. The summed E-state index contributed by atoms with van der Waals surface area (Å²) in [5.41, 5.74) is 4.33. The number of phenolic OH excluding ortho intramolecular Hbond substituents is 3. The number of aliphatic hydroxyl groups is 1. The minimum absolute atomic E-state index is 0.0183. The maximum absolute atomic E-state index is 14.1. The van der Waals surface area contributed by atoms with Crippen LogP contribution >= 0.6 is 0 Å². The maximum atomic E-state index is 14.1. The Hall–Kier alpha value is -5.78. The Labute approximate surface area is 512 Å². The van der Waals surface area contributed by atoms with Gasteiger partial charge >= 0.3 is 23.9 Å². The zero-order chi connectivity index (χ0) is 65.0. The summed E-state index contributed by atoms with van der Waals surface area (Å²) < 4.78 is 24.5. The molecule has 3 aromatic rings. The van der Waals surface area contributed by atoms with Crippen LogP contribution in [0.1, 0.15) is 255 Å². The van der Waals surface area contributed by atoms with E-state index in [-0.39, 0.29) is 78.9 Å². The second kappa shape index (κ2) is 26.7. The van der Waals surface area contributed by atoms with Gasteiger partial charge in [-0.15, -0.1) is 0 Å². The SMILES string of the molecule is CC(C)(C)C1=C(O)C(C(C)(C)C)CC(CCC(=O)OCC(COC(=O)CCc2cc(C(C)(C)C)c(O)c(C(C)(C)C)c2)(COC(=O)CCc2cc(C(C)(C)C)c(O)c(C(C)(C)C)c2)COC(=O)CCc2cc(C(C)(C)C)c(O)c(C(C)(C)C)c2)=C1. The number of aromatic hydroxyl groups is 3. The molecule has 4 N–H and O–H groups in total. The van der Waals surface area contributed by atoms with Gasteiger partial charge in [0.15, 0.2) is 0 Å². The number of allylic oxidation sites excluding steroid dienone is 4. The minimum atomic E-state index is -1.57. The van der Waals surface area contributed by atoms with Gasteiger partial charge in [0, 0.05) is 31.6 Å². The van der Waals surface area contributed by atoms with Gasteiger partial charge in [-0.1, -0.05) is 214 Å². The number of hydrogen-bond donors (Lipinski definition) is 4. The molecule has 1 aliphatic carbocycles. The quantitative estimate of drug-likeness (QED) is 0.0621. The predicted octanol–water partition coefficient (Wildman–Crippen LogP) is 16.6. The summed E-state index contributed by atoms with van der Waals surface area (Å²) in [6.45, 7) is 47.1. The van der Waals surface area contributed by atoms with E-state index in [1.807, 2.05) is 167 Å². The Morgan fingerprint density at radius 3 is 0.824 bits per heavy atom. The summed E-state index contributed by atoms with van der Waals surface area (Å²) in [5.74, 6) is -1.46. The fourth-order valence-corrected chi connectivity index (χ4v) is 10.8. The summed E-state index contributed by atoms with van der Waals surface area (Å²) in [6, 6.07) is 11.5.